The molecule has 0 spiro atoms. The minimum Gasteiger partial charge on any atom is -0.438 e. The molecule has 2 aliphatic carbocycles. The maximum Gasteiger partial charge on any atom is 0.410 e. The summed E-state index contributed by atoms with van der Waals surface area (Å²) in [5.74, 6) is -1.22. The van der Waals surface area contributed by atoms with E-state index in [1.807, 2.05) is 0 Å². The molecule has 2 saturated heterocycles. The van der Waals surface area contributed by atoms with Gasteiger partial charge in [0.2, 0.25) is 5.89 Å². The zero-order chi connectivity index (χ0) is 24.8. The highest BCUT2D eigenvalue weighted by atomic mass is 19.3. The Morgan fingerprint density at radius 1 is 1.06 bits per heavy atom. The fourth-order valence-corrected chi connectivity index (χ4v) is 5.81. The Morgan fingerprint density at radius 3 is 2.37 bits per heavy atom. The van der Waals surface area contributed by atoms with Crippen molar-refractivity contribution < 1.29 is 22.8 Å². The summed E-state index contributed by atoms with van der Waals surface area (Å²) in [6.45, 7) is 10.4. The summed E-state index contributed by atoms with van der Waals surface area (Å²) in [4.78, 5) is 23.7. The van der Waals surface area contributed by atoms with Crippen molar-refractivity contribution in [2.45, 2.75) is 101 Å². The first-order chi connectivity index (χ1) is 16.7. The smallest absolute Gasteiger partial charge is 0.410 e. The van der Waals surface area contributed by atoms with Crippen LogP contribution in [0.15, 0.2) is 4.52 Å². The predicted octanol–water partition coefficient (Wildman–Crippen LogP) is 4.02. The summed E-state index contributed by atoms with van der Waals surface area (Å²) in [6.07, 6.45) is 2.31. The van der Waals surface area contributed by atoms with Crippen LogP contribution in [0.25, 0.3) is 0 Å². The number of nitrogens with zero attached hydrogens (tertiary/aromatic N) is 5. The number of carbonyl (C=O) groups is 1. The Bertz CT molecular complexity index is 889. The molecule has 2 atom stereocenters. The van der Waals surface area contributed by atoms with E-state index >= 15 is 8.78 Å². The molecule has 0 bridgehead atoms. The number of alkyl halides is 2. The third-order valence-electron chi connectivity index (χ3n) is 8.59. The van der Waals surface area contributed by atoms with Gasteiger partial charge < -0.3 is 14.2 Å². The van der Waals surface area contributed by atoms with Crippen LogP contribution in [0.5, 0.6) is 0 Å². The Morgan fingerprint density at radius 2 is 1.74 bits per heavy atom. The minimum atomic E-state index is -3.01. The van der Waals surface area contributed by atoms with Crippen molar-refractivity contribution in [3.05, 3.63) is 11.7 Å². The van der Waals surface area contributed by atoms with E-state index in [0.29, 0.717) is 62.4 Å². The van der Waals surface area contributed by atoms with Gasteiger partial charge in [-0.3, -0.25) is 9.80 Å². The molecule has 2 aliphatic heterocycles. The molecular weight excluding hydrogens is 456 g/mol. The predicted molar refractivity (Wildman–Crippen MR) is 126 cm³/mol. The van der Waals surface area contributed by atoms with E-state index in [0.717, 1.165) is 39.0 Å². The molecule has 35 heavy (non-hydrogen) atoms. The van der Waals surface area contributed by atoms with Crippen molar-refractivity contribution in [1.82, 2.24) is 24.8 Å². The second-order valence-corrected chi connectivity index (χ2v) is 11.5. The van der Waals surface area contributed by atoms with Crippen molar-refractivity contribution >= 4 is 6.09 Å². The van der Waals surface area contributed by atoms with Crippen LogP contribution in [0.2, 0.25) is 0 Å². The first-order valence-corrected chi connectivity index (χ1v) is 13.3. The molecule has 4 fully saturated rings. The fourth-order valence-electron chi connectivity index (χ4n) is 5.81. The Balaban J connectivity index is 1.20. The highest BCUT2D eigenvalue weighted by molar-refractivity contribution is 5.68. The third kappa shape index (κ3) is 5.19. The molecule has 0 N–H and O–H groups in total. The maximum absolute atomic E-state index is 15.1. The number of ether oxygens (including phenoxy) is 1. The number of hydrogen-bond donors (Lipinski definition) is 0. The summed E-state index contributed by atoms with van der Waals surface area (Å²) in [5.41, 5.74) is -0.291. The largest absolute Gasteiger partial charge is 0.438 e. The van der Waals surface area contributed by atoms with Crippen molar-refractivity contribution in [3.8, 4) is 0 Å². The standard InChI is InChI=1S/C25H39F2N5O3/c1-17(2)30-13-15-31(16-14-30)19-5-4-8-25(26,27)20(19)34-23(33)32-11-9-24(3,10-12-32)22-28-21(35-29-22)18-6-7-18/h17-20H,4-16H2,1-3H3. The normalized spacial score (nSPS) is 29.9. The van der Waals surface area contributed by atoms with Crippen molar-refractivity contribution in [2.75, 3.05) is 39.3 Å². The quantitative estimate of drug-likeness (QED) is 0.611. The second kappa shape index (κ2) is 9.57. The SMILES string of the molecule is CC(C)N1CCN(C2CCCC(F)(F)C2OC(=O)N2CCC(C)(c3noc(C4CC4)n3)CC2)CC1. The number of carbonyl (C=O) groups excluding carboxylic acids is 1. The Hall–Kier alpha value is -1.81. The van der Waals surface area contributed by atoms with Crippen molar-refractivity contribution in [2.24, 2.45) is 0 Å². The highest BCUT2D eigenvalue weighted by Crippen LogP contribution is 2.42. The number of rotatable bonds is 5. The van der Waals surface area contributed by atoms with E-state index in [2.05, 4.69) is 40.7 Å². The van der Waals surface area contributed by atoms with E-state index in [9.17, 15) is 4.79 Å². The number of amides is 1. The molecule has 2 saturated carbocycles. The van der Waals surface area contributed by atoms with Crippen LogP contribution in [0, 0.1) is 0 Å². The van der Waals surface area contributed by atoms with Gasteiger partial charge in [-0.05, 0) is 52.4 Å². The number of piperazine rings is 1. The minimum absolute atomic E-state index is 0.230. The zero-order valence-corrected chi connectivity index (χ0v) is 21.2. The lowest BCUT2D eigenvalue weighted by molar-refractivity contribution is -0.170. The number of likely N-dealkylation sites (tertiary alicyclic amines) is 1. The molecule has 3 heterocycles. The zero-order valence-electron chi connectivity index (χ0n) is 21.2. The van der Waals surface area contributed by atoms with Gasteiger partial charge in [-0.15, -0.1) is 0 Å². The first kappa shape index (κ1) is 24.9. The average Bonchev–Trinajstić information content (AvgIpc) is 3.56. The van der Waals surface area contributed by atoms with Gasteiger partial charge in [-0.1, -0.05) is 12.1 Å². The molecule has 5 rings (SSSR count). The second-order valence-electron chi connectivity index (χ2n) is 11.5. The van der Waals surface area contributed by atoms with Crippen LogP contribution in [-0.2, 0) is 10.2 Å². The summed E-state index contributed by atoms with van der Waals surface area (Å²) in [6, 6.07) is 0.00310. The molecule has 0 radical (unpaired) electrons. The van der Waals surface area contributed by atoms with E-state index < -0.39 is 24.2 Å². The molecule has 1 aromatic rings. The van der Waals surface area contributed by atoms with Gasteiger partial charge in [-0.25, -0.2) is 13.6 Å². The number of piperidine rings is 1. The molecular formula is C25H39F2N5O3. The summed E-state index contributed by atoms with van der Waals surface area (Å²) >= 11 is 0. The van der Waals surface area contributed by atoms with Gasteiger partial charge >= 0.3 is 6.09 Å². The average molecular weight is 496 g/mol. The topological polar surface area (TPSA) is 74.9 Å². The number of halogens is 2. The van der Waals surface area contributed by atoms with Gasteiger partial charge in [-0.2, -0.15) is 4.98 Å². The Kier molecular flexibility index (Phi) is 6.80. The Labute approximate surface area is 206 Å². The van der Waals surface area contributed by atoms with Crippen LogP contribution in [0.4, 0.5) is 13.6 Å². The van der Waals surface area contributed by atoms with Crippen LogP contribution < -0.4 is 0 Å². The summed E-state index contributed by atoms with van der Waals surface area (Å²) in [5, 5.41) is 4.20. The third-order valence-corrected chi connectivity index (χ3v) is 8.59. The van der Waals surface area contributed by atoms with Crippen molar-refractivity contribution in [3.63, 3.8) is 0 Å². The van der Waals surface area contributed by atoms with Gasteiger partial charge in [0.25, 0.3) is 5.92 Å². The summed E-state index contributed by atoms with van der Waals surface area (Å²) in [7, 11) is 0. The van der Waals surface area contributed by atoms with Gasteiger partial charge in [0.1, 0.15) is 0 Å². The van der Waals surface area contributed by atoms with E-state index in [-0.39, 0.29) is 11.8 Å². The van der Waals surface area contributed by atoms with Gasteiger partial charge in [0, 0.05) is 63.1 Å². The van der Waals surface area contributed by atoms with Crippen LogP contribution in [0.3, 0.4) is 0 Å². The maximum atomic E-state index is 15.1. The monoisotopic (exact) mass is 495 g/mol. The van der Waals surface area contributed by atoms with Crippen LogP contribution in [-0.4, -0.2) is 94.3 Å². The van der Waals surface area contributed by atoms with Crippen LogP contribution >= 0.6 is 0 Å². The molecule has 10 heteroatoms. The van der Waals surface area contributed by atoms with E-state index in [1.165, 1.54) is 0 Å². The number of aromatic nitrogens is 2. The first-order valence-electron chi connectivity index (χ1n) is 13.3. The molecule has 196 valence electrons. The highest BCUT2D eigenvalue weighted by Gasteiger charge is 2.52. The van der Waals surface area contributed by atoms with Crippen molar-refractivity contribution in [1.29, 1.82) is 0 Å². The molecule has 4 aliphatic rings. The molecule has 8 nitrogen and oxygen atoms in total. The van der Waals surface area contributed by atoms with E-state index in [4.69, 9.17) is 9.26 Å². The lowest BCUT2D eigenvalue weighted by atomic mass is 9.80. The fraction of sp³-hybridized carbons (Fsp3) is 0.880. The van der Waals surface area contributed by atoms with Crippen LogP contribution in [0.1, 0.15) is 83.3 Å². The van der Waals surface area contributed by atoms with Gasteiger partial charge in [0.05, 0.1) is 6.04 Å². The summed E-state index contributed by atoms with van der Waals surface area (Å²) < 4.78 is 41.2. The number of hydrogen-bond acceptors (Lipinski definition) is 7. The van der Waals surface area contributed by atoms with Gasteiger partial charge in [0.15, 0.2) is 11.9 Å². The molecule has 1 amide bonds. The molecule has 2 unspecified atom stereocenters. The van der Waals surface area contributed by atoms with E-state index in [1.54, 1.807) is 4.90 Å². The molecule has 0 aromatic carbocycles. The lowest BCUT2D eigenvalue weighted by Crippen LogP contribution is -2.61. The molecule has 1 aromatic heterocycles. The lowest BCUT2D eigenvalue weighted by Gasteiger charge is -2.47.